The van der Waals surface area contributed by atoms with Crippen molar-refractivity contribution in [3.8, 4) is 0 Å². The molecule has 0 heterocycles. The molecule has 0 aromatic heterocycles. The van der Waals surface area contributed by atoms with Gasteiger partial charge in [0.1, 0.15) is 11.7 Å². The zero-order valence-electron chi connectivity index (χ0n) is 13.1. The van der Waals surface area contributed by atoms with Crippen molar-refractivity contribution in [1.29, 1.82) is 0 Å². The minimum absolute atomic E-state index is 0.0521. The molecule has 3 aliphatic carbocycles. The maximum Gasteiger partial charge on any atom is 0.309 e. The fourth-order valence-corrected chi connectivity index (χ4v) is 4.63. The first kappa shape index (κ1) is 14.9. The summed E-state index contributed by atoms with van der Waals surface area (Å²) in [5.74, 6) is 0.351. The lowest BCUT2D eigenvalue weighted by molar-refractivity contribution is -0.172. The van der Waals surface area contributed by atoms with Crippen LogP contribution < -0.4 is 0 Å². The summed E-state index contributed by atoms with van der Waals surface area (Å²) in [7, 11) is 0. The first-order chi connectivity index (χ1) is 9.97. The van der Waals surface area contributed by atoms with E-state index in [0.717, 1.165) is 44.9 Å². The average Bonchev–Trinajstić information content (AvgIpc) is 2.97. The molecule has 2 bridgehead atoms. The lowest BCUT2D eigenvalue weighted by Crippen LogP contribution is -2.40. The van der Waals surface area contributed by atoms with Crippen LogP contribution in [0.3, 0.4) is 0 Å². The van der Waals surface area contributed by atoms with E-state index >= 15 is 0 Å². The summed E-state index contributed by atoms with van der Waals surface area (Å²) in [6, 6.07) is 0. The van der Waals surface area contributed by atoms with E-state index < -0.39 is 0 Å². The highest BCUT2D eigenvalue weighted by Crippen LogP contribution is 2.50. The number of ether oxygens (including phenoxy) is 2. The maximum absolute atomic E-state index is 12.6. The summed E-state index contributed by atoms with van der Waals surface area (Å²) in [5.41, 5.74) is -0.270. The quantitative estimate of drug-likeness (QED) is 0.750. The molecule has 0 radical (unpaired) electrons. The first-order valence-corrected chi connectivity index (χ1v) is 8.37. The van der Waals surface area contributed by atoms with Crippen molar-refractivity contribution in [2.24, 2.45) is 17.8 Å². The second-order valence-electron chi connectivity index (χ2n) is 7.42. The summed E-state index contributed by atoms with van der Waals surface area (Å²) in [4.78, 5) is 23.8. The van der Waals surface area contributed by atoms with E-state index in [9.17, 15) is 9.59 Å². The van der Waals surface area contributed by atoms with Crippen molar-refractivity contribution >= 4 is 11.9 Å². The van der Waals surface area contributed by atoms with Crippen LogP contribution in [-0.2, 0) is 19.1 Å². The zero-order valence-corrected chi connectivity index (χ0v) is 13.1. The smallest absolute Gasteiger partial charge is 0.309 e. The molecule has 3 rings (SSSR count). The Balaban J connectivity index is 1.61. The molecule has 3 fully saturated rings. The van der Waals surface area contributed by atoms with Crippen molar-refractivity contribution < 1.29 is 19.1 Å². The topological polar surface area (TPSA) is 52.6 Å². The van der Waals surface area contributed by atoms with Crippen LogP contribution in [0.15, 0.2) is 0 Å². The Hall–Kier alpha value is -1.06. The molecular weight excluding hydrogens is 268 g/mol. The highest BCUT2D eigenvalue weighted by molar-refractivity contribution is 5.74. The van der Waals surface area contributed by atoms with Gasteiger partial charge in [-0.1, -0.05) is 6.42 Å². The average molecular weight is 294 g/mol. The predicted octanol–water partition coefficient (Wildman–Crippen LogP) is 3.23. The van der Waals surface area contributed by atoms with Crippen LogP contribution in [-0.4, -0.2) is 23.6 Å². The van der Waals surface area contributed by atoms with E-state index in [1.165, 1.54) is 13.3 Å². The van der Waals surface area contributed by atoms with Gasteiger partial charge in [-0.05, 0) is 57.8 Å². The molecule has 0 aliphatic heterocycles. The molecule has 4 atom stereocenters. The Bertz CT molecular complexity index is 425. The first-order valence-electron chi connectivity index (χ1n) is 8.37. The van der Waals surface area contributed by atoms with Crippen LogP contribution in [0.25, 0.3) is 0 Å². The zero-order chi connectivity index (χ0) is 15.0. The molecule has 118 valence electrons. The summed E-state index contributed by atoms with van der Waals surface area (Å²) in [5, 5.41) is 0. The summed E-state index contributed by atoms with van der Waals surface area (Å²) in [6.45, 7) is 3.52. The van der Waals surface area contributed by atoms with Gasteiger partial charge >= 0.3 is 11.9 Å². The van der Waals surface area contributed by atoms with E-state index in [-0.39, 0.29) is 35.5 Å². The van der Waals surface area contributed by atoms with Gasteiger partial charge in [0.15, 0.2) is 0 Å². The van der Waals surface area contributed by atoms with E-state index in [1.807, 2.05) is 0 Å². The summed E-state index contributed by atoms with van der Waals surface area (Å²) < 4.78 is 11.3. The van der Waals surface area contributed by atoms with Crippen LogP contribution in [0, 0.1) is 17.8 Å². The van der Waals surface area contributed by atoms with Crippen LogP contribution in [0.5, 0.6) is 0 Å². The normalized spacial score (nSPS) is 37.2. The van der Waals surface area contributed by atoms with Crippen LogP contribution >= 0.6 is 0 Å². The third-order valence-electron chi connectivity index (χ3n) is 5.63. The highest BCUT2D eigenvalue weighted by Gasteiger charge is 2.52. The molecule has 3 saturated carbocycles. The molecular formula is C17H26O4. The highest BCUT2D eigenvalue weighted by atomic mass is 16.6. The van der Waals surface area contributed by atoms with Gasteiger partial charge in [-0.3, -0.25) is 9.59 Å². The summed E-state index contributed by atoms with van der Waals surface area (Å²) >= 11 is 0. The van der Waals surface area contributed by atoms with Crippen molar-refractivity contribution in [3.63, 3.8) is 0 Å². The standard InChI is InChI=1S/C17H26O4/c1-11(18)20-15-10-12-8-13(15)14(9-12)16(19)21-17(2)6-4-3-5-7-17/h12-15H,3-10H2,1-2H3. The van der Waals surface area contributed by atoms with Gasteiger partial charge in [0.05, 0.1) is 5.92 Å². The van der Waals surface area contributed by atoms with Gasteiger partial charge in [0, 0.05) is 12.8 Å². The van der Waals surface area contributed by atoms with Crippen molar-refractivity contribution in [2.45, 2.75) is 76.9 Å². The molecule has 0 aromatic rings. The number of rotatable bonds is 3. The molecule has 4 unspecified atom stereocenters. The maximum atomic E-state index is 12.6. The Morgan fingerprint density at radius 1 is 1.05 bits per heavy atom. The van der Waals surface area contributed by atoms with Crippen molar-refractivity contribution in [3.05, 3.63) is 0 Å². The lowest BCUT2D eigenvalue weighted by Gasteiger charge is -2.36. The number of esters is 2. The van der Waals surface area contributed by atoms with Gasteiger partial charge in [0.2, 0.25) is 0 Å². The van der Waals surface area contributed by atoms with Gasteiger partial charge in [-0.25, -0.2) is 0 Å². The minimum Gasteiger partial charge on any atom is -0.462 e. The van der Waals surface area contributed by atoms with Crippen molar-refractivity contribution in [2.75, 3.05) is 0 Å². The monoisotopic (exact) mass is 294 g/mol. The number of fused-ring (bicyclic) bond motifs is 2. The molecule has 0 N–H and O–H groups in total. The second kappa shape index (κ2) is 5.62. The molecule has 4 nitrogen and oxygen atoms in total. The largest absolute Gasteiger partial charge is 0.462 e. The van der Waals surface area contributed by atoms with Gasteiger partial charge in [-0.15, -0.1) is 0 Å². The van der Waals surface area contributed by atoms with E-state index in [4.69, 9.17) is 9.47 Å². The Morgan fingerprint density at radius 3 is 2.38 bits per heavy atom. The van der Waals surface area contributed by atoms with E-state index in [0.29, 0.717) is 5.92 Å². The van der Waals surface area contributed by atoms with Crippen LogP contribution in [0.4, 0.5) is 0 Å². The number of hydrogen-bond donors (Lipinski definition) is 0. The molecule has 4 heteroatoms. The van der Waals surface area contributed by atoms with Gasteiger partial charge in [0.25, 0.3) is 0 Å². The van der Waals surface area contributed by atoms with Crippen molar-refractivity contribution in [1.82, 2.24) is 0 Å². The fraction of sp³-hybridized carbons (Fsp3) is 0.882. The van der Waals surface area contributed by atoms with E-state index in [2.05, 4.69) is 6.92 Å². The Kier molecular flexibility index (Phi) is 3.98. The third kappa shape index (κ3) is 3.09. The fourth-order valence-electron chi connectivity index (χ4n) is 4.63. The minimum atomic E-state index is -0.270. The van der Waals surface area contributed by atoms with Gasteiger partial charge in [-0.2, -0.15) is 0 Å². The predicted molar refractivity (Wildman–Crippen MR) is 77.5 cm³/mol. The molecule has 0 aromatic carbocycles. The number of carbonyl (C=O) groups excluding carboxylic acids is 2. The van der Waals surface area contributed by atoms with Crippen LogP contribution in [0.1, 0.15) is 65.2 Å². The molecule has 0 spiro atoms. The number of hydrogen-bond acceptors (Lipinski definition) is 4. The SMILES string of the molecule is CC(=O)OC1CC2CC(C(=O)OC3(C)CCCCC3)C1C2. The number of carbonyl (C=O) groups is 2. The van der Waals surface area contributed by atoms with Crippen LogP contribution in [0.2, 0.25) is 0 Å². The molecule has 21 heavy (non-hydrogen) atoms. The summed E-state index contributed by atoms with van der Waals surface area (Å²) in [6.07, 6.45) is 8.28. The van der Waals surface area contributed by atoms with Gasteiger partial charge < -0.3 is 9.47 Å². The molecule has 3 aliphatic rings. The Morgan fingerprint density at radius 2 is 1.76 bits per heavy atom. The molecule has 0 saturated heterocycles. The van der Waals surface area contributed by atoms with E-state index in [1.54, 1.807) is 0 Å². The molecule has 0 amide bonds. The lowest BCUT2D eigenvalue weighted by atomic mass is 9.84. The third-order valence-corrected chi connectivity index (χ3v) is 5.63. The second-order valence-corrected chi connectivity index (χ2v) is 7.42. The Labute approximate surface area is 126 Å².